The zero-order valence-electron chi connectivity index (χ0n) is 10.4. The van der Waals surface area contributed by atoms with Crippen LogP contribution < -0.4 is 0 Å². The molecular weight excluding hydrogens is 192 g/mol. The van der Waals surface area contributed by atoms with Gasteiger partial charge in [0.1, 0.15) is 0 Å². The van der Waals surface area contributed by atoms with E-state index in [1.807, 2.05) is 37.8 Å². The average Bonchev–Trinajstić information content (AvgIpc) is 2.68. The van der Waals surface area contributed by atoms with Crippen molar-refractivity contribution in [2.75, 3.05) is 27.4 Å². The van der Waals surface area contributed by atoms with E-state index in [0.717, 1.165) is 5.56 Å². The first-order valence-corrected chi connectivity index (χ1v) is 5.26. The van der Waals surface area contributed by atoms with Gasteiger partial charge < -0.3 is 9.47 Å². The van der Waals surface area contributed by atoms with Crippen molar-refractivity contribution in [1.29, 1.82) is 0 Å². The molecule has 0 aliphatic rings. The van der Waals surface area contributed by atoms with Crippen molar-refractivity contribution in [1.82, 2.24) is 9.78 Å². The lowest BCUT2D eigenvalue weighted by Gasteiger charge is -2.15. The van der Waals surface area contributed by atoms with Crippen molar-refractivity contribution >= 4 is 0 Å². The molecule has 0 unspecified atom stereocenters. The van der Waals surface area contributed by atoms with Crippen LogP contribution in [-0.4, -0.2) is 37.2 Å². The van der Waals surface area contributed by atoms with Gasteiger partial charge in [-0.2, -0.15) is 5.10 Å². The van der Waals surface area contributed by atoms with Gasteiger partial charge in [-0.3, -0.25) is 4.68 Å². The van der Waals surface area contributed by atoms with Crippen LogP contribution in [-0.2, 0) is 9.47 Å². The normalized spacial score (nSPS) is 10.0. The molecular formula is C11H22N2O2. The molecule has 0 atom stereocenters. The molecule has 0 radical (unpaired) electrons. The number of methoxy groups -OCH3 is 2. The molecule has 0 amide bonds. The SMILES string of the molecule is CC.COCC(COC)n1cc(C)cn1. The fourth-order valence-electron chi connectivity index (χ4n) is 1.22. The lowest BCUT2D eigenvalue weighted by atomic mass is 10.3. The van der Waals surface area contributed by atoms with Crippen molar-refractivity contribution in [3.8, 4) is 0 Å². The summed E-state index contributed by atoms with van der Waals surface area (Å²) in [4.78, 5) is 0. The topological polar surface area (TPSA) is 36.3 Å². The molecule has 0 saturated heterocycles. The van der Waals surface area contributed by atoms with E-state index in [2.05, 4.69) is 5.10 Å². The molecule has 4 heteroatoms. The van der Waals surface area contributed by atoms with Crippen molar-refractivity contribution in [3.63, 3.8) is 0 Å². The number of aromatic nitrogens is 2. The lowest BCUT2D eigenvalue weighted by Crippen LogP contribution is -2.20. The molecule has 0 saturated carbocycles. The Morgan fingerprint density at radius 3 is 2.13 bits per heavy atom. The Kier molecular flexibility index (Phi) is 7.95. The Bertz CT molecular complexity index is 242. The van der Waals surface area contributed by atoms with Gasteiger partial charge in [-0.25, -0.2) is 0 Å². The smallest absolute Gasteiger partial charge is 0.0985 e. The van der Waals surface area contributed by atoms with Crippen LogP contribution in [0.5, 0.6) is 0 Å². The molecule has 0 bridgehead atoms. The minimum absolute atomic E-state index is 0.170. The molecule has 0 spiro atoms. The van der Waals surface area contributed by atoms with Crippen LogP contribution in [0, 0.1) is 6.92 Å². The Labute approximate surface area is 92.2 Å². The predicted molar refractivity (Wildman–Crippen MR) is 61.1 cm³/mol. The third-order valence-corrected chi connectivity index (χ3v) is 1.82. The van der Waals surface area contributed by atoms with Gasteiger partial charge in [0.05, 0.1) is 25.5 Å². The molecule has 4 nitrogen and oxygen atoms in total. The second-order valence-electron chi connectivity index (χ2n) is 3.06. The van der Waals surface area contributed by atoms with Crippen molar-refractivity contribution in [2.24, 2.45) is 0 Å². The van der Waals surface area contributed by atoms with Crippen molar-refractivity contribution in [3.05, 3.63) is 18.0 Å². The Morgan fingerprint density at radius 2 is 1.80 bits per heavy atom. The zero-order valence-corrected chi connectivity index (χ0v) is 10.4. The van der Waals surface area contributed by atoms with Gasteiger partial charge in [-0.05, 0) is 12.5 Å². The molecule has 1 heterocycles. The van der Waals surface area contributed by atoms with Gasteiger partial charge >= 0.3 is 0 Å². The highest BCUT2D eigenvalue weighted by Gasteiger charge is 2.10. The molecule has 1 aromatic rings. The summed E-state index contributed by atoms with van der Waals surface area (Å²) in [6, 6.07) is 0.170. The van der Waals surface area contributed by atoms with E-state index in [0.29, 0.717) is 13.2 Å². The summed E-state index contributed by atoms with van der Waals surface area (Å²) in [7, 11) is 3.36. The standard InChI is InChI=1S/C9H16N2O2.C2H6/c1-8-4-10-11(5-8)9(6-12-2)7-13-3;1-2/h4-5,9H,6-7H2,1-3H3;1-2H3. The summed E-state index contributed by atoms with van der Waals surface area (Å²) in [5.41, 5.74) is 1.15. The molecule has 0 aliphatic heterocycles. The minimum Gasteiger partial charge on any atom is -0.382 e. The van der Waals surface area contributed by atoms with Crippen LogP contribution in [0.1, 0.15) is 25.5 Å². The number of ether oxygens (including phenoxy) is 2. The highest BCUT2D eigenvalue weighted by atomic mass is 16.5. The van der Waals surface area contributed by atoms with Crippen LogP contribution in [0.25, 0.3) is 0 Å². The maximum Gasteiger partial charge on any atom is 0.0985 e. The maximum absolute atomic E-state index is 5.08. The van der Waals surface area contributed by atoms with E-state index in [1.54, 1.807) is 14.2 Å². The molecule has 15 heavy (non-hydrogen) atoms. The quantitative estimate of drug-likeness (QED) is 0.752. The number of rotatable bonds is 5. The van der Waals surface area contributed by atoms with Gasteiger partial charge in [0.15, 0.2) is 0 Å². The summed E-state index contributed by atoms with van der Waals surface area (Å²) in [6.07, 6.45) is 3.82. The summed E-state index contributed by atoms with van der Waals surface area (Å²) in [5, 5.41) is 4.21. The van der Waals surface area contributed by atoms with Crippen LogP contribution >= 0.6 is 0 Å². The zero-order chi connectivity index (χ0) is 11.7. The molecule has 1 rings (SSSR count). The number of nitrogens with zero attached hydrogens (tertiary/aromatic N) is 2. The summed E-state index contributed by atoms with van der Waals surface area (Å²) < 4.78 is 12.0. The summed E-state index contributed by atoms with van der Waals surface area (Å²) >= 11 is 0. The third-order valence-electron chi connectivity index (χ3n) is 1.82. The van der Waals surface area contributed by atoms with Gasteiger partial charge in [-0.1, -0.05) is 13.8 Å². The number of aryl methyl sites for hydroxylation is 1. The highest BCUT2D eigenvalue weighted by Crippen LogP contribution is 2.07. The average molecular weight is 214 g/mol. The summed E-state index contributed by atoms with van der Waals surface area (Å²) in [5.74, 6) is 0. The van der Waals surface area contributed by atoms with Gasteiger partial charge in [0.2, 0.25) is 0 Å². The molecule has 88 valence electrons. The van der Waals surface area contributed by atoms with Crippen LogP contribution in [0.3, 0.4) is 0 Å². The molecule has 1 aromatic heterocycles. The largest absolute Gasteiger partial charge is 0.382 e. The van der Waals surface area contributed by atoms with Crippen LogP contribution in [0.15, 0.2) is 12.4 Å². The van der Waals surface area contributed by atoms with Crippen molar-refractivity contribution in [2.45, 2.75) is 26.8 Å². The molecule has 0 aliphatic carbocycles. The maximum atomic E-state index is 5.08. The first-order valence-electron chi connectivity index (χ1n) is 5.26. The number of hydrogen-bond acceptors (Lipinski definition) is 3. The highest BCUT2D eigenvalue weighted by molar-refractivity contribution is 5.00. The van der Waals surface area contributed by atoms with Crippen molar-refractivity contribution < 1.29 is 9.47 Å². The van der Waals surface area contributed by atoms with E-state index in [-0.39, 0.29) is 6.04 Å². The predicted octanol–water partition coefficient (Wildman–Crippen LogP) is 2.05. The van der Waals surface area contributed by atoms with Crippen LogP contribution in [0.2, 0.25) is 0 Å². The molecule has 0 N–H and O–H groups in total. The van der Waals surface area contributed by atoms with Gasteiger partial charge in [-0.15, -0.1) is 0 Å². The number of hydrogen-bond donors (Lipinski definition) is 0. The third kappa shape index (κ3) is 4.95. The minimum atomic E-state index is 0.170. The van der Waals surface area contributed by atoms with E-state index < -0.39 is 0 Å². The Balaban J connectivity index is 0.000000921. The monoisotopic (exact) mass is 214 g/mol. The Morgan fingerprint density at radius 1 is 1.27 bits per heavy atom. The van der Waals surface area contributed by atoms with E-state index in [9.17, 15) is 0 Å². The fraction of sp³-hybridized carbons (Fsp3) is 0.727. The van der Waals surface area contributed by atoms with Gasteiger partial charge in [0, 0.05) is 20.4 Å². The van der Waals surface area contributed by atoms with Gasteiger partial charge in [0.25, 0.3) is 0 Å². The van der Waals surface area contributed by atoms with E-state index in [1.165, 1.54) is 0 Å². The molecule has 0 fully saturated rings. The van der Waals surface area contributed by atoms with Crippen LogP contribution in [0.4, 0.5) is 0 Å². The van der Waals surface area contributed by atoms with E-state index >= 15 is 0 Å². The van der Waals surface area contributed by atoms with E-state index in [4.69, 9.17) is 9.47 Å². The lowest BCUT2D eigenvalue weighted by molar-refractivity contribution is 0.0838. The fourth-order valence-corrected chi connectivity index (χ4v) is 1.22. The second-order valence-corrected chi connectivity index (χ2v) is 3.06. The Hall–Kier alpha value is -0.870. The first kappa shape index (κ1) is 14.1. The summed E-state index contributed by atoms with van der Waals surface area (Å²) in [6.45, 7) is 7.25. The molecule has 0 aromatic carbocycles. The second kappa shape index (κ2) is 8.44. The first-order chi connectivity index (χ1) is 7.27.